The predicted octanol–water partition coefficient (Wildman–Crippen LogP) is 2.08. The Morgan fingerprint density at radius 1 is 1.32 bits per heavy atom. The zero-order valence-electron chi connectivity index (χ0n) is 10.5. The summed E-state index contributed by atoms with van der Waals surface area (Å²) in [6, 6.07) is 7.58. The first kappa shape index (κ1) is 13.0. The van der Waals surface area contributed by atoms with Crippen molar-refractivity contribution < 1.29 is 9.18 Å². The third-order valence-corrected chi connectivity index (χ3v) is 2.74. The van der Waals surface area contributed by atoms with Crippen molar-refractivity contribution in [2.75, 3.05) is 12.8 Å². The molecule has 1 aromatic heterocycles. The lowest BCUT2D eigenvalue weighted by Crippen LogP contribution is -2.27. The lowest BCUT2D eigenvalue weighted by molar-refractivity contribution is 0.0780. The fourth-order valence-electron chi connectivity index (χ4n) is 1.75. The number of halogens is 1. The number of benzene rings is 1. The van der Waals surface area contributed by atoms with Gasteiger partial charge in [0.15, 0.2) is 0 Å². The molecule has 98 valence electrons. The number of nitrogens with zero attached hydrogens (tertiary/aromatic N) is 2. The number of rotatable bonds is 3. The molecule has 0 atom stereocenters. The highest BCUT2D eigenvalue weighted by molar-refractivity contribution is 5.95. The second-order valence-electron chi connectivity index (χ2n) is 4.26. The van der Waals surface area contributed by atoms with Gasteiger partial charge < -0.3 is 10.6 Å². The first-order chi connectivity index (χ1) is 9.08. The molecule has 0 bridgehead atoms. The number of nitrogens with two attached hydrogens (primary N) is 1. The molecule has 0 fully saturated rings. The molecule has 1 aromatic carbocycles. The van der Waals surface area contributed by atoms with Crippen LogP contribution in [0.1, 0.15) is 15.9 Å². The van der Waals surface area contributed by atoms with Crippen molar-refractivity contribution in [3.63, 3.8) is 0 Å². The van der Waals surface area contributed by atoms with E-state index in [2.05, 4.69) is 4.98 Å². The van der Waals surface area contributed by atoms with Crippen molar-refractivity contribution >= 4 is 11.6 Å². The van der Waals surface area contributed by atoms with Gasteiger partial charge in [0.25, 0.3) is 5.91 Å². The molecule has 0 saturated heterocycles. The molecular formula is C14H14FN3O. The van der Waals surface area contributed by atoms with Crippen LogP contribution in [-0.4, -0.2) is 22.8 Å². The standard InChI is InChI=1S/C14H14FN3O/c1-18(9-10-4-6-17-7-5-10)14(19)12-8-11(16)2-3-13(12)15/h2-8H,9,16H2,1H3. The smallest absolute Gasteiger partial charge is 0.256 e. The van der Waals surface area contributed by atoms with E-state index in [-0.39, 0.29) is 5.56 Å². The van der Waals surface area contributed by atoms with Crippen LogP contribution >= 0.6 is 0 Å². The molecule has 0 spiro atoms. The number of carbonyl (C=O) groups is 1. The summed E-state index contributed by atoms with van der Waals surface area (Å²) in [5.74, 6) is -0.970. The van der Waals surface area contributed by atoms with E-state index in [4.69, 9.17) is 5.73 Å². The van der Waals surface area contributed by atoms with Crippen LogP contribution in [-0.2, 0) is 6.54 Å². The number of hydrogen-bond donors (Lipinski definition) is 1. The molecule has 0 aliphatic heterocycles. The second kappa shape index (κ2) is 5.48. The quantitative estimate of drug-likeness (QED) is 0.858. The van der Waals surface area contributed by atoms with Gasteiger partial charge in [0.2, 0.25) is 0 Å². The first-order valence-electron chi connectivity index (χ1n) is 5.77. The maximum absolute atomic E-state index is 13.6. The van der Waals surface area contributed by atoms with Crippen LogP contribution < -0.4 is 5.73 Å². The molecule has 2 aromatic rings. The summed E-state index contributed by atoms with van der Waals surface area (Å²) in [5, 5.41) is 0. The Morgan fingerprint density at radius 3 is 2.68 bits per heavy atom. The van der Waals surface area contributed by atoms with Gasteiger partial charge in [-0.15, -0.1) is 0 Å². The van der Waals surface area contributed by atoms with E-state index in [1.165, 1.54) is 23.1 Å². The second-order valence-corrected chi connectivity index (χ2v) is 4.26. The number of aromatic nitrogens is 1. The van der Waals surface area contributed by atoms with Crippen molar-refractivity contribution in [3.05, 3.63) is 59.7 Å². The molecule has 5 heteroatoms. The Balaban J connectivity index is 2.17. The summed E-state index contributed by atoms with van der Waals surface area (Å²) < 4.78 is 13.6. The van der Waals surface area contributed by atoms with Crippen LogP contribution in [0.4, 0.5) is 10.1 Å². The SMILES string of the molecule is CN(Cc1ccncc1)C(=O)c1cc(N)ccc1F. The molecule has 0 aliphatic rings. The number of pyridine rings is 1. The highest BCUT2D eigenvalue weighted by Crippen LogP contribution is 2.15. The van der Waals surface area contributed by atoms with Crippen molar-refractivity contribution in [1.29, 1.82) is 0 Å². The topological polar surface area (TPSA) is 59.2 Å². The molecule has 4 nitrogen and oxygen atoms in total. The fraction of sp³-hybridized carbons (Fsp3) is 0.143. The Kier molecular flexibility index (Phi) is 3.75. The highest BCUT2D eigenvalue weighted by Gasteiger charge is 2.16. The minimum atomic E-state index is -0.569. The average Bonchev–Trinajstić information content (AvgIpc) is 2.42. The van der Waals surface area contributed by atoms with E-state index in [0.29, 0.717) is 12.2 Å². The lowest BCUT2D eigenvalue weighted by Gasteiger charge is -2.17. The van der Waals surface area contributed by atoms with Crippen molar-refractivity contribution in [2.45, 2.75) is 6.54 Å². The Hall–Kier alpha value is -2.43. The van der Waals surface area contributed by atoms with E-state index in [1.807, 2.05) is 0 Å². The van der Waals surface area contributed by atoms with Crippen LogP contribution in [0.25, 0.3) is 0 Å². The number of nitrogen functional groups attached to an aromatic ring is 1. The summed E-state index contributed by atoms with van der Waals surface area (Å²) in [6.45, 7) is 0.385. The van der Waals surface area contributed by atoms with E-state index in [1.54, 1.807) is 31.6 Å². The largest absolute Gasteiger partial charge is 0.399 e. The lowest BCUT2D eigenvalue weighted by atomic mass is 10.1. The van der Waals surface area contributed by atoms with Crippen LogP contribution in [0.3, 0.4) is 0 Å². The molecule has 0 saturated carbocycles. The van der Waals surface area contributed by atoms with Gasteiger partial charge in [0.05, 0.1) is 5.56 Å². The van der Waals surface area contributed by atoms with Gasteiger partial charge >= 0.3 is 0 Å². The Bertz CT molecular complexity index is 586. The van der Waals surface area contributed by atoms with Crippen LogP contribution in [0.2, 0.25) is 0 Å². The number of hydrogen-bond acceptors (Lipinski definition) is 3. The summed E-state index contributed by atoms with van der Waals surface area (Å²) in [7, 11) is 1.62. The van der Waals surface area contributed by atoms with Gasteiger partial charge in [0.1, 0.15) is 5.82 Å². The van der Waals surface area contributed by atoms with Crippen molar-refractivity contribution in [3.8, 4) is 0 Å². The molecular weight excluding hydrogens is 245 g/mol. The zero-order chi connectivity index (χ0) is 13.8. The van der Waals surface area contributed by atoms with Crippen molar-refractivity contribution in [2.24, 2.45) is 0 Å². The van der Waals surface area contributed by atoms with Crippen LogP contribution in [0.5, 0.6) is 0 Å². The zero-order valence-corrected chi connectivity index (χ0v) is 10.5. The Labute approximate surface area is 110 Å². The van der Waals surface area contributed by atoms with Gasteiger partial charge in [-0.25, -0.2) is 4.39 Å². The van der Waals surface area contributed by atoms with Gasteiger partial charge in [-0.05, 0) is 35.9 Å². The first-order valence-corrected chi connectivity index (χ1v) is 5.77. The molecule has 19 heavy (non-hydrogen) atoms. The monoisotopic (exact) mass is 259 g/mol. The molecule has 1 amide bonds. The van der Waals surface area contributed by atoms with Gasteiger partial charge in [-0.1, -0.05) is 0 Å². The highest BCUT2D eigenvalue weighted by atomic mass is 19.1. The average molecular weight is 259 g/mol. The van der Waals surface area contributed by atoms with E-state index < -0.39 is 11.7 Å². The third kappa shape index (κ3) is 3.07. The molecule has 2 N–H and O–H groups in total. The van der Waals surface area contributed by atoms with E-state index in [0.717, 1.165) is 5.56 Å². The number of carbonyl (C=O) groups excluding carboxylic acids is 1. The maximum atomic E-state index is 13.6. The van der Waals surface area contributed by atoms with Gasteiger partial charge in [0, 0.05) is 31.7 Å². The third-order valence-electron chi connectivity index (χ3n) is 2.74. The minimum absolute atomic E-state index is 0.0171. The van der Waals surface area contributed by atoms with E-state index in [9.17, 15) is 9.18 Å². The molecule has 2 rings (SSSR count). The van der Waals surface area contributed by atoms with Crippen molar-refractivity contribution in [1.82, 2.24) is 9.88 Å². The van der Waals surface area contributed by atoms with Crippen LogP contribution in [0, 0.1) is 5.82 Å². The maximum Gasteiger partial charge on any atom is 0.256 e. The summed E-state index contributed by atoms with van der Waals surface area (Å²) >= 11 is 0. The summed E-state index contributed by atoms with van der Waals surface area (Å²) in [5.41, 5.74) is 6.84. The number of amides is 1. The summed E-state index contributed by atoms with van der Waals surface area (Å²) in [6.07, 6.45) is 3.30. The molecule has 1 heterocycles. The van der Waals surface area contributed by atoms with Crippen LogP contribution in [0.15, 0.2) is 42.7 Å². The normalized spacial score (nSPS) is 10.2. The predicted molar refractivity (Wildman–Crippen MR) is 70.8 cm³/mol. The number of anilines is 1. The Morgan fingerprint density at radius 2 is 2.00 bits per heavy atom. The summed E-state index contributed by atoms with van der Waals surface area (Å²) in [4.78, 5) is 17.5. The molecule has 0 unspecified atom stereocenters. The molecule has 0 radical (unpaired) electrons. The fourth-order valence-corrected chi connectivity index (χ4v) is 1.75. The van der Waals surface area contributed by atoms with Gasteiger partial charge in [-0.2, -0.15) is 0 Å². The molecule has 0 aliphatic carbocycles. The van der Waals surface area contributed by atoms with Gasteiger partial charge in [-0.3, -0.25) is 9.78 Å². The minimum Gasteiger partial charge on any atom is -0.399 e. The van der Waals surface area contributed by atoms with E-state index >= 15 is 0 Å².